The Balaban J connectivity index is 2.58. The fourth-order valence-corrected chi connectivity index (χ4v) is 1.07. The van der Waals surface area contributed by atoms with Crippen LogP contribution in [0.1, 0.15) is 25.8 Å². The molecule has 0 saturated carbocycles. The van der Waals surface area contributed by atoms with E-state index in [0.717, 1.165) is 18.5 Å². The van der Waals surface area contributed by atoms with Gasteiger partial charge in [-0.05, 0) is 13.3 Å². The monoisotopic (exact) mass is 180 g/mol. The Morgan fingerprint density at radius 2 is 2.46 bits per heavy atom. The van der Waals surface area contributed by atoms with Crippen LogP contribution in [0.5, 0.6) is 0 Å². The number of rotatable bonds is 4. The molecule has 1 atom stereocenters. The highest BCUT2D eigenvalue weighted by atomic mass is 16.3. The molecule has 1 aromatic rings. The van der Waals surface area contributed by atoms with Crippen molar-refractivity contribution in [3.63, 3.8) is 0 Å². The summed E-state index contributed by atoms with van der Waals surface area (Å²) < 4.78 is 1.90. The summed E-state index contributed by atoms with van der Waals surface area (Å²) in [6.07, 6.45) is 8.09. The summed E-state index contributed by atoms with van der Waals surface area (Å²) in [5.74, 6) is 0. The van der Waals surface area contributed by atoms with Gasteiger partial charge in [-0.25, -0.2) is 0 Å². The number of aryl methyl sites for hydroxylation is 1. The first-order valence-electron chi connectivity index (χ1n) is 4.61. The Morgan fingerprint density at radius 3 is 3.08 bits per heavy atom. The molecule has 0 bridgehead atoms. The van der Waals surface area contributed by atoms with Crippen LogP contribution in [0.4, 0.5) is 0 Å². The number of aliphatic hydroxyl groups is 1. The van der Waals surface area contributed by atoms with Crippen LogP contribution in [-0.4, -0.2) is 21.0 Å². The Kier molecular flexibility index (Phi) is 3.71. The maximum atomic E-state index is 9.01. The van der Waals surface area contributed by atoms with Gasteiger partial charge in [0, 0.05) is 18.3 Å². The summed E-state index contributed by atoms with van der Waals surface area (Å²) in [4.78, 5) is 0. The van der Waals surface area contributed by atoms with Crippen molar-refractivity contribution < 1.29 is 5.11 Å². The van der Waals surface area contributed by atoms with Gasteiger partial charge in [0.05, 0.1) is 12.3 Å². The highest BCUT2D eigenvalue weighted by molar-refractivity contribution is 5.47. The minimum atomic E-state index is -0.394. The second-order valence-corrected chi connectivity index (χ2v) is 3.14. The third kappa shape index (κ3) is 3.42. The molecular weight excluding hydrogens is 164 g/mol. The molecule has 0 aliphatic rings. The van der Waals surface area contributed by atoms with E-state index in [-0.39, 0.29) is 0 Å². The van der Waals surface area contributed by atoms with Crippen molar-refractivity contribution in [2.45, 2.75) is 32.9 Å². The van der Waals surface area contributed by atoms with Crippen molar-refractivity contribution >= 4 is 6.08 Å². The molecule has 0 aromatic carbocycles. The van der Waals surface area contributed by atoms with Gasteiger partial charge in [0.2, 0.25) is 0 Å². The fraction of sp³-hybridized carbons (Fsp3) is 0.500. The third-order valence-corrected chi connectivity index (χ3v) is 1.67. The Morgan fingerprint density at radius 1 is 1.69 bits per heavy atom. The summed E-state index contributed by atoms with van der Waals surface area (Å²) in [5.41, 5.74) is 1.04. The van der Waals surface area contributed by atoms with Crippen molar-refractivity contribution in [1.82, 2.24) is 9.78 Å². The largest absolute Gasteiger partial charge is 0.389 e. The minimum Gasteiger partial charge on any atom is -0.389 e. The minimum absolute atomic E-state index is 0.394. The SMILES string of the molecule is CCCn1cc(/C=C/C(C)O)cn1. The van der Waals surface area contributed by atoms with E-state index in [2.05, 4.69) is 12.0 Å². The molecule has 72 valence electrons. The summed E-state index contributed by atoms with van der Waals surface area (Å²) in [5, 5.41) is 13.2. The molecule has 0 amide bonds. The highest BCUT2D eigenvalue weighted by Gasteiger charge is 1.93. The number of hydrogen-bond donors (Lipinski definition) is 1. The molecule has 1 aromatic heterocycles. The predicted octanol–water partition coefficient (Wildman–Crippen LogP) is 1.69. The lowest BCUT2D eigenvalue weighted by atomic mass is 10.3. The van der Waals surface area contributed by atoms with E-state index in [1.165, 1.54) is 0 Å². The first-order valence-corrected chi connectivity index (χ1v) is 4.61. The van der Waals surface area contributed by atoms with Crippen molar-refractivity contribution in [2.75, 3.05) is 0 Å². The summed E-state index contributed by atoms with van der Waals surface area (Å²) in [6.45, 7) is 4.79. The van der Waals surface area contributed by atoms with Gasteiger partial charge in [0.15, 0.2) is 0 Å². The number of hydrogen-bond acceptors (Lipinski definition) is 2. The number of aromatic nitrogens is 2. The zero-order valence-corrected chi connectivity index (χ0v) is 8.14. The van der Waals surface area contributed by atoms with Crippen molar-refractivity contribution in [3.05, 3.63) is 24.0 Å². The van der Waals surface area contributed by atoms with E-state index in [4.69, 9.17) is 5.11 Å². The van der Waals surface area contributed by atoms with E-state index in [1.807, 2.05) is 17.0 Å². The zero-order chi connectivity index (χ0) is 9.68. The Labute approximate surface area is 78.7 Å². The quantitative estimate of drug-likeness (QED) is 0.765. The molecule has 0 fully saturated rings. The van der Waals surface area contributed by atoms with Gasteiger partial charge >= 0.3 is 0 Å². The van der Waals surface area contributed by atoms with Crippen LogP contribution in [0.3, 0.4) is 0 Å². The van der Waals surface area contributed by atoms with Gasteiger partial charge in [-0.1, -0.05) is 19.1 Å². The van der Waals surface area contributed by atoms with Gasteiger partial charge in [-0.15, -0.1) is 0 Å². The van der Waals surface area contributed by atoms with Crippen molar-refractivity contribution in [1.29, 1.82) is 0 Å². The lowest BCUT2D eigenvalue weighted by Crippen LogP contribution is -1.95. The lowest BCUT2D eigenvalue weighted by Gasteiger charge is -1.94. The predicted molar refractivity (Wildman–Crippen MR) is 53.2 cm³/mol. The molecule has 0 radical (unpaired) electrons. The van der Waals surface area contributed by atoms with Crippen LogP contribution in [0.15, 0.2) is 18.5 Å². The fourth-order valence-electron chi connectivity index (χ4n) is 1.07. The molecule has 3 nitrogen and oxygen atoms in total. The molecule has 0 saturated heterocycles. The second-order valence-electron chi connectivity index (χ2n) is 3.14. The second kappa shape index (κ2) is 4.82. The normalized spacial score (nSPS) is 13.8. The van der Waals surface area contributed by atoms with Gasteiger partial charge in [0.25, 0.3) is 0 Å². The first-order chi connectivity index (χ1) is 6.22. The van der Waals surface area contributed by atoms with Crippen LogP contribution >= 0.6 is 0 Å². The summed E-state index contributed by atoms with van der Waals surface area (Å²) in [6, 6.07) is 0. The van der Waals surface area contributed by atoms with Crippen molar-refractivity contribution in [3.8, 4) is 0 Å². The van der Waals surface area contributed by atoms with Crippen LogP contribution < -0.4 is 0 Å². The van der Waals surface area contributed by atoms with E-state index < -0.39 is 6.10 Å². The topological polar surface area (TPSA) is 38.0 Å². The molecule has 0 aliphatic heterocycles. The van der Waals surface area contributed by atoms with Gasteiger partial charge < -0.3 is 5.11 Å². The van der Waals surface area contributed by atoms with Crippen LogP contribution in [-0.2, 0) is 6.54 Å². The van der Waals surface area contributed by atoms with Gasteiger partial charge in [-0.2, -0.15) is 5.10 Å². The van der Waals surface area contributed by atoms with Gasteiger partial charge in [0.1, 0.15) is 0 Å². The average molecular weight is 180 g/mol. The third-order valence-electron chi connectivity index (χ3n) is 1.67. The number of aliphatic hydroxyl groups excluding tert-OH is 1. The maximum absolute atomic E-state index is 9.01. The lowest BCUT2D eigenvalue weighted by molar-refractivity contribution is 0.245. The molecule has 1 rings (SSSR count). The molecule has 13 heavy (non-hydrogen) atoms. The first kappa shape index (κ1) is 9.99. The zero-order valence-electron chi connectivity index (χ0n) is 8.14. The molecular formula is C10H16N2O. The molecule has 1 N–H and O–H groups in total. The van der Waals surface area contributed by atoms with E-state index >= 15 is 0 Å². The molecule has 0 aliphatic carbocycles. The molecule has 1 unspecified atom stereocenters. The Bertz CT molecular complexity index is 276. The maximum Gasteiger partial charge on any atom is 0.0696 e. The van der Waals surface area contributed by atoms with Crippen molar-refractivity contribution in [2.24, 2.45) is 0 Å². The Hall–Kier alpha value is -1.09. The summed E-state index contributed by atoms with van der Waals surface area (Å²) in [7, 11) is 0. The van der Waals surface area contributed by atoms with Crippen LogP contribution in [0.25, 0.3) is 6.08 Å². The van der Waals surface area contributed by atoms with Gasteiger partial charge in [-0.3, -0.25) is 4.68 Å². The summed E-state index contributed by atoms with van der Waals surface area (Å²) >= 11 is 0. The van der Waals surface area contributed by atoms with E-state index in [9.17, 15) is 0 Å². The average Bonchev–Trinajstić information content (AvgIpc) is 2.50. The number of nitrogens with zero attached hydrogens (tertiary/aromatic N) is 2. The van der Waals surface area contributed by atoms with E-state index in [1.54, 1.807) is 19.2 Å². The van der Waals surface area contributed by atoms with E-state index in [0.29, 0.717) is 0 Å². The molecule has 1 heterocycles. The molecule has 3 heteroatoms. The smallest absolute Gasteiger partial charge is 0.0696 e. The highest BCUT2D eigenvalue weighted by Crippen LogP contribution is 2.02. The molecule has 0 spiro atoms. The van der Waals surface area contributed by atoms with Crippen LogP contribution in [0, 0.1) is 0 Å². The standard InChI is InChI=1S/C10H16N2O/c1-3-6-12-8-10(7-11-12)5-4-9(2)13/h4-5,7-9,13H,3,6H2,1-2H3/b5-4+. The van der Waals surface area contributed by atoms with Crippen LogP contribution in [0.2, 0.25) is 0 Å².